The van der Waals surface area contributed by atoms with Crippen LogP contribution >= 0.6 is 12.2 Å². The molecule has 1 heterocycles. The third-order valence-corrected chi connectivity index (χ3v) is 5.34. The van der Waals surface area contributed by atoms with Gasteiger partial charge >= 0.3 is 6.18 Å². The Morgan fingerprint density at radius 2 is 1.87 bits per heavy atom. The predicted molar refractivity (Wildman–Crippen MR) is 115 cm³/mol. The van der Waals surface area contributed by atoms with Crippen LogP contribution < -0.4 is 16.2 Å². The van der Waals surface area contributed by atoms with Crippen molar-refractivity contribution in [3.63, 3.8) is 0 Å². The Hall–Kier alpha value is -3.14. The van der Waals surface area contributed by atoms with E-state index < -0.39 is 23.8 Å². The van der Waals surface area contributed by atoms with E-state index in [4.69, 9.17) is 12.2 Å². The van der Waals surface area contributed by atoms with Crippen LogP contribution in [0.25, 0.3) is 10.8 Å². The zero-order chi connectivity index (χ0) is 22.2. The molecule has 162 valence electrons. The Morgan fingerprint density at radius 1 is 1.16 bits per heavy atom. The molecule has 1 fully saturated rings. The quantitative estimate of drug-likeness (QED) is 0.406. The van der Waals surface area contributed by atoms with Crippen LogP contribution in [0.2, 0.25) is 0 Å². The smallest absolute Gasteiger partial charge is 0.331 e. The number of anilines is 1. The van der Waals surface area contributed by atoms with Gasteiger partial charge in [-0.2, -0.15) is 18.3 Å². The van der Waals surface area contributed by atoms with Gasteiger partial charge in [0, 0.05) is 22.7 Å². The van der Waals surface area contributed by atoms with Crippen LogP contribution in [0.5, 0.6) is 0 Å². The Bertz CT molecular complexity index is 1130. The third kappa shape index (κ3) is 4.63. The number of nitrogens with zero attached hydrogens (tertiary/aromatic N) is 2. The summed E-state index contributed by atoms with van der Waals surface area (Å²) in [5.74, 6) is -0.554. The van der Waals surface area contributed by atoms with Crippen LogP contribution in [0.4, 0.5) is 18.9 Å². The van der Waals surface area contributed by atoms with Gasteiger partial charge in [0.05, 0.1) is 0 Å². The highest BCUT2D eigenvalue weighted by Crippen LogP contribution is 2.42. The number of hydrazine groups is 1. The van der Waals surface area contributed by atoms with E-state index in [9.17, 15) is 18.0 Å². The summed E-state index contributed by atoms with van der Waals surface area (Å²) in [7, 11) is 0. The number of hydrogen-bond donors (Lipinski definition) is 3. The van der Waals surface area contributed by atoms with Crippen molar-refractivity contribution in [3.8, 4) is 0 Å². The van der Waals surface area contributed by atoms with Crippen LogP contribution in [-0.2, 0) is 11.0 Å². The molecule has 1 aliphatic rings. The number of hydrogen-bond acceptors (Lipinski definition) is 3. The summed E-state index contributed by atoms with van der Waals surface area (Å²) in [6, 6.07) is 13.5. The molecule has 31 heavy (non-hydrogen) atoms. The summed E-state index contributed by atoms with van der Waals surface area (Å²) in [6.45, 7) is 1.50. The number of nitrogens with one attached hydrogen (secondary N) is 3. The second-order valence-corrected chi connectivity index (χ2v) is 7.85. The molecule has 0 radical (unpaired) electrons. The van der Waals surface area contributed by atoms with Gasteiger partial charge in [-0.3, -0.25) is 20.3 Å². The minimum Gasteiger partial charge on any atom is -0.331 e. The molecule has 1 aromatic heterocycles. The van der Waals surface area contributed by atoms with Crippen LogP contribution in [0.15, 0.2) is 48.5 Å². The van der Waals surface area contributed by atoms with Crippen molar-refractivity contribution < 1.29 is 18.0 Å². The molecular weight excluding hydrogens is 427 g/mol. The first-order chi connectivity index (χ1) is 14.7. The molecule has 10 heteroatoms. The van der Waals surface area contributed by atoms with E-state index in [0.29, 0.717) is 5.69 Å². The lowest BCUT2D eigenvalue weighted by atomic mass is 10.1. The van der Waals surface area contributed by atoms with Crippen LogP contribution in [0, 0.1) is 0 Å². The number of amides is 1. The number of thiocarbonyl (C=S) groups is 1. The van der Waals surface area contributed by atoms with Crippen molar-refractivity contribution in [2.75, 3.05) is 5.32 Å². The zero-order valence-corrected chi connectivity index (χ0v) is 17.3. The van der Waals surface area contributed by atoms with Gasteiger partial charge in [0.25, 0.3) is 5.91 Å². The van der Waals surface area contributed by atoms with Gasteiger partial charge in [0.15, 0.2) is 10.8 Å². The lowest BCUT2D eigenvalue weighted by molar-refractivity contribution is -0.142. The highest BCUT2D eigenvalue weighted by molar-refractivity contribution is 7.80. The molecule has 2 aromatic carbocycles. The summed E-state index contributed by atoms with van der Waals surface area (Å²) in [5.41, 5.74) is 5.25. The average molecular weight is 447 g/mol. The highest BCUT2D eigenvalue weighted by Gasteiger charge is 2.39. The van der Waals surface area contributed by atoms with Gasteiger partial charge in [-0.15, -0.1) is 0 Å². The van der Waals surface area contributed by atoms with E-state index in [1.807, 2.05) is 42.5 Å². The maximum Gasteiger partial charge on any atom is 0.435 e. The fraction of sp³-hybridized carbons (Fsp3) is 0.286. The first kappa shape index (κ1) is 21.1. The van der Waals surface area contributed by atoms with E-state index in [0.717, 1.165) is 40.0 Å². The number of rotatable bonds is 4. The van der Waals surface area contributed by atoms with Crippen LogP contribution in [0.1, 0.15) is 43.1 Å². The van der Waals surface area contributed by atoms with Gasteiger partial charge in [-0.1, -0.05) is 36.4 Å². The van der Waals surface area contributed by atoms with Crippen molar-refractivity contribution in [2.24, 2.45) is 0 Å². The fourth-order valence-corrected chi connectivity index (χ4v) is 3.52. The van der Waals surface area contributed by atoms with E-state index in [1.54, 1.807) is 0 Å². The van der Waals surface area contributed by atoms with Gasteiger partial charge in [0.1, 0.15) is 6.04 Å². The molecule has 4 rings (SSSR count). The molecule has 6 nitrogen and oxygen atoms in total. The predicted octanol–water partition coefficient (Wildman–Crippen LogP) is 4.51. The first-order valence-corrected chi connectivity index (χ1v) is 10.2. The lowest BCUT2D eigenvalue weighted by Crippen LogP contribution is -2.46. The number of fused-ring (bicyclic) bond motifs is 1. The normalized spacial score (nSPS) is 14.8. The SMILES string of the molecule is C[C@H](C(=O)NNC(=S)Nc1cccc2ccccc12)n1nc(C(F)(F)F)cc1C1CC1. The van der Waals surface area contributed by atoms with E-state index >= 15 is 0 Å². The van der Waals surface area contributed by atoms with Crippen molar-refractivity contribution in [1.82, 2.24) is 20.6 Å². The van der Waals surface area contributed by atoms with Crippen LogP contribution in [-0.4, -0.2) is 20.8 Å². The summed E-state index contributed by atoms with van der Waals surface area (Å²) in [5, 5.41) is 8.80. The monoisotopic (exact) mass is 447 g/mol. The van der Waals surface area contributed by atoms with Gasteiger partial charge in [-0.25, -0.2) is 0 Å². The van der Waals surface area contributed by atoms with Crippen molar-refractivity contribution >= 4 is 39.7 Å². The molecule has 0 saturated heterocycles. The van der Waals surface area contributed by atoms with E-state index in [1.165, 1.54) is 6.92 Å². The molecule has 0 spiro atoms. The number of carbonyl (C=O) groups is 1. The zero-order valence-electron chi connectivity index (χ0n) is 16.5. The minimum atomic E-state index is -4.56. The largest absolute Gasteiger partial charge is 0.435 e. The molecule has 1 aliphatic carbocycles. The summed E-state index contributed by atoms with van der Waals surface area (Å²) < 4.78 is 40.4. The molecule has 1 saturated carbocycles. The van der Waals surface area contributed by atoms with Crippen LogP contribution in [0.3, 0.4) is 0 Å². The number of aromatic nitrogens is 2. The highest BCUT2D eigenvalue weighted by atomic mass is 32.1. The number of benzene rings is 2. The minimum absolute atomic E-state index is 0.000846. The van der Waals surface area contributed by atoms with E-state index in [-0.39, 0.29) is 11.0 Å². The van der Waals surface area contributed by atoms with Crippen molar-refractivity contribution in [2.45, 2.75) is 37.9 Å². The molecule has 0 bridgehead atoms. The standard InChI is InChI=1S/C21H20F3N5OS/c1-12(29-17(14-9-10-14)11-18(28-29)21(22,23)24)19(30)26-27-20(31)25-16-8-4-6-13-5-2-3-7-15(13)16/h2-8,11-12,14H,9-10H2,1H3,(H,26,30)(H2,25,27,31)/t12-/m1/s1. The molecule has 3 aromatic rings. The number of carbonyl (C=O) groups excluding carboxylic acids is 1. The average Bonchev–Trinajstić information content (AvgIpc) is 3.48. The van der Waals surface area contributed by atoms with Gasteiger partial charge in [-0.05, 0) is 49.5 Å². The summed E-state index contributed by atoms with van der Waals surface area (Å²) >= 11 is 5.24. The Morgan fingerprint density at radius 3 is 2.58 bits per heavy atom. The topological polar surface area (TPSA) is 71.0 Å². The maximum atomic E-state index is 13.1. The van der Waals surface area contributed by atoms with Crippen molar-refractivity contribution in [1.29, 1.82) is 0 Å². The fourth-order valence-electron chi connectivity index (χ4n) is 3.36. The number of alkyl halides is 3. The van der Waals surface area contributed by atoms with Gasteiger partial charge in [0.2, 0.25) is 0 Å². The molecule has 1 atom stereocenters. The molecule has 3 N–H and O–H groups in total. The Labute approximate surface area is 181 Å². The Balaban J connectivity index is 1.42. The molecule has 1 amide bonds. The van der Waals surface area contributed by atoms with Crippen molar-refractivity contribution in [3.05, 3.63) is 59.9 Å². The summed E-state index contributed by atoms with van der Waals surface area (Å²) in [4.78, 5) is 12.6. The second-order valence-electron chi connectivity index (χ2n) is 7.44. The molecular formula is C21H20F3N5OS. The van der Waals surface area contributed by atoms with Gasteiger partial charge < -0.3 is 5.32 Å². The second kappa shape index (κ2) is 8.18. The third-order valence-electron chi connectivity index (χ3n) is 5.13. The molecule has 0 unspecified atom stereocenters. The molecule has 0 aliphatic heterocycles. The first-order valence-electron chi connectivity index (χ1n) is 9.75. The maximum absolute atomic E-state index is 13.1. The Kier molecular flexibility index (Phi) is 5.57. The van der Waals surface area contributed by atoms with E-state index in [2.05, 4.69) is 21.3 Å². The lowest BCUT2D eigenvalue weighted by Gasteiger charge is -2.18. The summed E-state index contributed by atoms with van der Waals surface area (Å²) in [6.07, 6.45) is -2.99. The number of halogens is 3.